The maximum absolute atomic E-state index is 13.1. The SMILES string of the molecule is Cc1nc(CC(N)Cc2ccc(F)c(Br)c2)cs1. The second kappa shape index (κ2) is 5.91. The first-order valence-electron chi connectivity index (χ1n) is 5.65. The van der Waals surface area contributed by atoms with E-state index < -0.39 is 0 Å². The molecule has 1 heterocycles. The van der Waals surface area contributed by atoms with Crippen LogP contribution in [0.3, 0.4) is 0 Å². The van der Waals surface area contributed by atoms with Gasteiger partial charge in [0.1, 0.15) is 5.82 Å². The Labute approximate surface area is 118 Å². The van der Waals surface area contributed by atoms with Crippen molar-refractivity contribution in [2.75, 3.05) is 0 Å². The van der Waals surface area contributed by atoms with E-state index in [1.807, 2.05) is 12.3 Å². The standard InChI is InChI=1S/C13H14BrFN2S/c1-8-17-11(7-18-8)6-10(16)4-9-2-3-13(15)12(14)5-9/h2-3,5,7,10H,4,6,16H2,1H3. The van der Waals surface area contributed by atoms with E-state index in [2.05, 4.69) is 20.9 Å². The fourth-order valence-electron chi connectivity index (χ4n) is 1.81. The number of halogens is 2. The van der Waals surface area contributed by atoms with Gasteiger partial charge in [0.15, 0.2) is 0 Å². The number of nitrogens with two attached hydrogens (primary N) is 1. The predicted molar refractivity (Wildman–Crippen MR) is 76.3 cm³/mol. The van der Waals surface area contributed by atoms with Crippen molar-refractivity contribution in [2.45, 2.75) is 25.8 Å². The number of thiazole rings is 1. The molecule has 0 aliphatic heterocycles. The minimum atomic E-state index is -0.248. The first kappa shape index (κ1) is 13.6. The third-order valence-electron chi connectivity index (χ3n) is 2.62. The second-order valence-electron chi connectivity index (χ2n) is 4.27. The van der Waals surface area contributed by atoms with E-state index in [4.69, 9.17) is 5.73 Å². The van der Waals surface area contributed by atoms with E-state index in [9.17, 15) is 4.39 Å². The topological polar surface area (TPSA) is 38.9 Å². The molecular formula is C13H14BrFN2S. The summed E-state index contributed by atoms with van der Waals surface area (Å²) in [4.78, 5) is 4.39. The van der Waals surface area contributed by atoms with Crippen molar-refractivity contribution in [3.8, 4) is 0 Å². The van der Waals surface area contributed by atoms with Crippen molar-refractivity contribution < 1.29 is 4.39 Å². The molecule has 0 bridgehead atoms. The van der Waals surface area contributed by atoms with Crippen molar-refractivity contribution >= 4 is 27.3 Å². The number of aryl methyl sites for hydroxylation is 1. The van der Waals surface area contributed by atoms with Gasteiger partial charge in [0.2, 0.25) is 0 Å². The molecule has 0 radical (unpaired) electrons. The summed E-state index contributed by atoms with van der Waals surface area (Å²) < 4.78 is 13.6. The molecule has 1 aromatic heterocycles. The third kappa shape index (κ3) is 3.60. The highest BCUT2D eigenvalue weighted by molar-refractivity contribution is 9.10. The molecule has 0 amide bonds. The van der Waals surface area contributed by atoms with Crippen LogP contribution in [0.15, 0.2) is 28.1 Å². The van der Waals surface area contributed by atoms with Gasteiger partial charge >= 0.3 is 0 Å². The molecule has 18 heavy (non-hydrogen) atoms. The molecule has 0 aliphatic rings. The van der Waals surface area contributed by atoms with Gasteiger partial charge in [-0.2, -0.15) is 0 Å². The number of benzene rings is 1. The molecule has 0 saturated heterocycles. The Balaban J connectivity index is 1.98. The number of aromatic nitrogens is 1. The minimum Gasteiger partial charge on any atom is -0.327 e. The van der Waals surface area contributed by atoms with Crippen LogP contribution >= 0.6 is 27.3 Å². The largest absolute Gasteiger partial charge is 0.327 e. The van der Waals surface area contributed by atoms with E-state index in [0.717, 1.165) is 29.1 Å². The molecule has 1 unspecified atom stereocenters. The zero-order valence-corrected chi connectivity index (χ0v) is 12.4. The van der Waals surface area contributed by atoms with Gasteiger partial charge in [0.25, 0.3) is 0 Å². The van der Waals surface area contributed by atoms with E-state index in [1.54, 1.807) is 23.5 Å². The Bertz CT molecular complexity index is 542. The van der Waals surface area contributed by atoms with Gasteiger partial charge in [-0.25, -0.2) is 9.37 Å². The van der Waals surface area contributed by atoms with Crippen LogP contribution in [0.1, 0.15) is 16.3 Å². The van der Waals surface area contributed by atoms with Crippen molar-refractivity contribution in [1.82, 2.24) is 4.98 Å². The maximum Gasteiger partial charge on any atom is 0.137 e. The molecule has 2 aromatic rings. The monoisotopic (exact) mass is 328 g/mol. The molecule has 2 N–H and O–H groups in total. The average Bonchev–Trinajstić information content (AvgIpc) is 2.69. The predicted octanol–water partition coefficient (Wildman–Crippen LogP) is 3.47. The van der Waals surface area contributed by atoms with Crippen LogP contribution in [0.5, 0.6) is 0 Å². The van der Waals surface area contributed by atoms with E-state index >= 15 is 0 Å². The molecule has 2 rings (SSSR count). The van der Waals surface area contributed by atoms with E-state index in [0.29, 0.717) is 4.47 Å². The normalized spacial score (nSPS) is 12.7. The van der Waals surface area contributed by atoms with Crippen LogP contribution in [-0.2, 0) is 12.8 Å². The molecule has 5 heteroatoms. The van der Waals surface area contributed by atoms with Crippen molar-refractivity contribution in [1.29, 1.82) is 0 Å². The number of hydrogen-bond donors (Lipinski definition) is 1. The van der Waals surface area contributed by atoms with Gasteiger partial charge in [-0.05, 0) is 47.0 Å². The van der Waals surface area contributed by atoms with Gasteiger partial charge in [-0.1, -0.05) is 6.07 Å². The highest BCUT2D eigenvalue weighted by Crippen LogP contribution is 2.18. The van der Waals surface area contributed by atoms with Crippen LogP contribution in [0.25, 0.3) is 0 Å². The molecule has 96 valence electrons. The molecule has 0 spiro atoms. The van der Waals surface area contributed by atoms with Crippen LogP contribution in [-0.4, -0.2) is 11.0 Å². The Hall–Kier alpha value is -0.780. The van der Waals surface area contributed by atoms with Gasteiger partial charge in [0, 0.05) is 17.8 Å². The molecule has 2 nitrogen and oxygen atoms in total. The summed E-state index contributed by atoms with van der Waals surface area (Å²) in [5.41, 5.74) is 8.15. The Morgan fingerprint density at radius 2 is 2.22 bits per heavy atom. The van der Waals surface area contributed by atoms with Gasteiger partial charge in [-0.15, -0.1) is 11.3 Å². The molecule has 0 fully saturated rings. The van der Waals surface area contributed by atoms with Crippen molar-refractivity contribution in [3.05, 3.63) is 50.1 Å². The summed E-state index contributed by atoms with van der Waals surface area (Å²) in [6.07, 6.45) is 1.47. The second-order valence-corrected chi connectivity index (χ2v) is 6.19. The third-order valence-corrected chi connectivity index (χ3v) is 4.05. The Morgan fingerprint density at radius 1 is 1.44 bits per heavy atom. The summed E-state index contributed by atoms with van der Waals surface area (Å²) in [7, 11) is 0. The highest BCUT2D eigenvalue weighted by atomic mass is 79.9. The van der Waals surface area contributed by atoms with Crippen molar-refractivity contribution in [3.63, 3.8) is 0 Å². The van der Waals surface area contributed by atoms with Gasteiger partial charge < -0.3 is 5.73 Å². The summed E-state index contributed by atoms with van der Waals surface area (Å²) >= 11 is 4.81. The zero-order chi connectivity index (χ0) is 13.1. The lowest BCUT2D eigenvalue weighted by atomic mass is 10.0. The molecule has 1 aromatic carbocycles. The van der Waals surface area contributed by atoms with E-state index in [-0.39, 0.29) is 11.9 Å². The van der Waals surface area contributed by atoms with Crippen LogP contribution in [0, 0.1) is 12.7 Å². The molecule has 1 atom stereocenters. The zero-order valence-electron chi connectivity index (χ0n) is 9.99. The fourth-order valence-corrected chi connectivity index (χ4v) is 2.86. The molecule has 0 saturated carbocycles. The fraction of sp³-hybridized carbons (Fsp3) is 0.308. The highest BCUT2D eigenvalue weighted by Gasteiger charge is 2.09. The molecule has 0 aliphatic carbocycles. The van der Waals surface area contributed by atoms with Crippen LogP contribution in [0.4, 0.5) is 4.39 Å². The maximum atomic E-state index is 13.1. The average molecular weight is 329 g/mol. The van der Waals surface area contributed by atoms with Gasteiger partial charge in [-0.3, -0.25) is 0 Å². The quantitative estimate of drug-likeness (QED) is 0.933. The lowest BCUT2D eigenvalue weighted by molar-refractivity contribution is 0.616. The first-order valence-corrected chi connectivity index (χ1v) is 7.32. The van der Waals surface area contributed by atoms with Crippen LogP contribution in [0.2, 0.25) is 0 Å². The number of hydrogen-bond acceptors (Lipinski definition) is 3. The Kier molecular flexibility index (Phi) is 4.48. The number of rotatable bonds is 4. The summed E-state index contributed by atoms with van der Waals surface area (Å²) in [6.45, 7) is 1.98. The lowest BCUT2D eigenvalue weighted by Crippen LogP contribution is -2.25. The lowest BCUT2D eigenvalue weighted by Gasteiger charge is -2.10. The summed E-state index contributed by atoms with van der Waals surface area (Å²) in [6, 6.07) is 5.01. The number of nitrogens with zero attached hydrogens (tertiary/aromatic N) is 1. The smallest absolute Gasteiger partial charge is 0.137 e. The van der Waals surface area contributed by atoms with Crippen molar-refractivity contribution in [2.24, 2.45) is 5.73 Å². The summed E-state index contributed by atoms with van der Waals surface area (Å²) in [5, 5.41) is 3.09. The van der Waals surface area contributed by atoms with E-state index in [1.165, 1.54) is 6.07 Å². The summed E-state index contributed by atoms with van der Waals surface area (Å²) in [5.74, 6) is -0.248. The first-order chi connectivity index (χ1) is 8.54. The minimum absolute atomic E-state index is 0.00358. The van der Waals surface area contributed by atoms with Gasteiger partial charge in [0.05, 0.1) is 15.2 Å². The molecular weight excluding hydrogens is 315 g/mol. The van der Waals surface area contributed by atoms with Crippen LogP contribution < -0.4 is 5.73 Å². The Morgan fingerprint density at radius 3 is 2.83 bits per heavy atom.